The van der Waals surface area contributed by atoms with Crippen LogP contribution in [-0.2, 0) is 4.74 Å². The molecule has 0 aromatic rings. The summed E-state index contributed by atoms with van der Waals surface area (Å²) in [4.78, 5) is 0. The lowest BCUT2D eigenvalue weighted by Crippen LogP contribution is -2.31. The van der Waals surface area contributed by atoms with Gasteiger partial charge in [-0.3, -0.25) is 0 Å². The van der Waals surface area contributed by atoms with Crippen molar-refractivity contribution in [3.05, 3.63) is 0 Å². The largest absolute Gasteiger partial charge is 0.368 e. The molecule has 0 bridgehead atoms. The lowest BCUT2D eigenvalue weighted by molar-refractivity contribution is -0.162. The van der Waals surface area contributed by atoms with Gasteiger partial charge in [0.25, 0.3) is 0 Å². The van der Waals surface area contributed by atoms with Gasteiger partial charge < -0.3 is 9.84 Å². The fourth-order valence-corrected chi connectivity index (χ4v) is 0.558. The summed E-state index contributed by atoms with van der Waals surface area (Å²) in [6.07, 6.45) is 0.302. The summed E-state index contributed by atoms with van der Waals surface area (Å²) in [5.74, 6) is 0. The minimum Gasteiger partial charge on any atom is -0.368 e. The van der Waals surface area contributed by atoms with Crippen molar-refractivity contribution < 1.29 is 9.84 Å². The summed E-state index contributed by atoms with van der Waals surface area (Å²) in [6.45, 7) is 8.49. The highest BCUT2D eigenvalue weighted by atomic mass is 16.6. The molecule has 0 amide bonds. The molecule has 0 heterocycles. The molecule has 0 spiro atoms. The van der Waals surface area contributed by atoms with Gasteiger partial charge in [0, 0.05) is 12.0 Å². The van der Waals surface area contributed by atoms with Crippen LogP contribution in [0, 0.1) is 5.41 Å². The maximum absolute atomic E-state index is 9.35. The number of hydrogen-bond donors (Lipinski definition) is 1. The van der Waals surface area contributed by atoms with E-state index in [9.17, 15) is 5.11 Å². The van der Waals surface area contributed by atoms with Crippen molar-refractivity contribution in [2.45, 2.75) is 40.4 Å². The molecule has 0 aliphatic rings. The monoisotopic (exact) mass is 146 g/mol. The van der Waals surface area contributed by atoms with Gasteiger partial charge >= 0.3 is 0 Å². The molecular weight excluding hydrogens is 128 g/mol. The number of ether oxygens (including phenoxy) is 1. The zero-order chi connectivity index (χ0) is 8.20. The Bertz CT molecular complexity index is 89.3. The van der Waals surface area contributed by atoms with Gasteiger partial charge in [-0.2, -0.15) is 0 Å². The Morgan fingerprint density at radius 3 is 2.20 bits per heavy atom. The first-order chi connectivity index (χ1) is 4.54. The van der Waals surface area contributed by atoms with E-state index in [0.29, 0.717) is 6.61 Å². The van der Waals surface area contributed by atoms with E-state index >= 15 is 0 Å². The standard InChI is InChI=1S/C8H18O2/c1-5-8(3,4)7(9)10-6-2/h7,9H,5-6H2,1-4H3. The van der Waals surface area contributed by atoms with Gasteiger partial charge in [-0.1, -0.05) is 20.8 Å². The maximum atomic E-state index is 9.35. The summed E-state index contributed by atoms with van der Waals surface area (Å²) in [5, 5.41) is 9.35. The van der Waals surface area contributed by atoms with E-state index in [1.165, 1.54) is 0 Å². The summed E-state index contributed by atoms with van der Waals surface area (Å²) in [7, 11) is 0. The topological polar surface area (TPSA) is 29.5 Å². The molecule has 0 aliphatic heterocycles. The molecule has 0 aliphatic carbocycles. The average molecular weight is 146 g/mol. The molecule has 1 unspecified atom stereocenters. The fourth-order valence-electron chi connectivity index (χ4n) is 0.558. The predicted molar refractivity (Wildman–Crippen MR) is 41.7 cm³/mol. The van der Waals surface area contributed by atoms with Crippen LogP contribution >= 0.6 is 0 Å². The summed E-state index contributed by atoms with van der Waals surface area (Å²) >= 11 is 0. The van der Waals surface area contributed by atoms with Crippen LogP contribution in [0.3, 0.4) is 0 Å². The minimum atomic E-state index is -0.623. The molecule has 0 aromatic carbocycles. The van der Waals surface area contributed by atoms with Crippen molar-refractivity contribution >= 4 is 0 Å². The van der Waals surface area contributed by atoms with E-state index in [4.69, 9.17) is 4.74 Å². The van der Waals surface area contributed by atoms with Crippen molar-refractivity contribution in [1.82, 2.24) is 0 Å². The fraction of sp³-hybridized carbons (Fsp3) is 1.00. The Morgan fingerprint density at radius 2 is 1.90 bits per heavy atom. The maximum Gasteiger partial charge on any atom is 0.159 e. The van der Waals surface area contributed by atoms with Crippen LogP contribution in [-0.4, -0.2) is 18.0 Å². The van der Waals surface area contributed by atoms with Crippen LogP contribution in [0.2, 0.25) is 0 Å². The van der Waals surface area contributed by atoms with Crippen molar-refractivity contribution in [3.63, 3.8) is 0 Å². The van der Waals surface area contributed by atoms with E-state index in [0.717, 1.165) is 6.42 Å². The van der Waals surface area contributed by atoms with Crippen LogP contribution in [0.4, 0.5) is 0 Å². The highest BCUT2D eigenvalue weighted by Gasteiger charge is 2.25. The Balaban J connectivity index is 3.78. The van der Waals surface area contributed by atoms with Crippen LogP contribution in [0.25, 0.3) is 0 Å². The first-order valence-corrected chi connectivity index (χ1v) is 3.84. The summed E-state index contributed by atoms with van der Waals surface area (Å²) in [6, 6.07) is 0. The van der Waals surface area contributed by atoms with Crippen molar-refractivity contribution in [3.8, 4) is 0 Å². The van der Waals surface area contributed by atoms with Crippen molar-refractivity contribution in [2.24, 2.45) is 5.41 Å². The first kappa shape index (κ1) is 9.92. The molecule has 0 saturated carbocycles. The molecule has 0 fully saturated rings. The number of aliphatic hydroxyl groups is 1. The van der Waals surface area contributed by atoms with Gasteiger partial charge in [0.1, 0.15) is 0 Å². The number of aliphatic hydroxyl groups excluding tert-OH is 1. The molecule has 62 valence electrons. The minimum absolute atomic E-state index is 0.115. The van der Waals surface area contributed by atoms with Crippen LogP contribution in [0.5, 0.6) is 0 Å². The van der Waals surface area contributed by atoms with E-state index in [-0.39, 0.29) is 5.41 Å². The Kier molecular flexibility index (Phi) is 3.91. The molecule has 0 saturated heterocycles. The zero-order valence-corrected chi connectivity index (χ0v) is 7.35. The second-order valence-electron chi connectivity index (χ2n) is 3.15. The molecule has 0 aromatic heterocycles. The van der Waals surface area contributed by atoms with Gasteiger partial charge in [-0.25, -0.2) is 0 Å². The SMILES string of the molecule is CCOC(O)C(C)(C)CC. The molecular formula is C8H18O2. The van der Waals surface area contributed by atoms with Gasteiger partial charge in [-0.15, -0.1) is 0 Å². The quantitative estimate of drug-likeness (QED) is 0.612. The van der Waals surface area contributed by atoms with Crippen LogP contribution in [0.15, 0.2) is 0 Å². The van der Waals surface area contributed by atoms with E-state index in [1.807, 2.05) is 27.7 Å². The normalized spacial score (nSPS) is 15.3. The van der Waals surface area contributed by atoms with Crippen LogP contribution < -0.4 is 0 Å². The molecule has 2 heteroatoms. The number of hydrogen-bond acceptors (Lipinski definition) is 2. The molecule has 10 heavy (non-hydrogen) atoms. The lowest BCUT2D eigenvalue weighted by atomic mass is 9.90. The first-order valence-electron chi connectivity index (χ1n) is 3.84. The Labute approximate surface area is 63.2 Å². The third kappa shape index (κ3) is 2.67. The van der Waals surface area contributed by atoms with Gasteiger partial charge in [-0.05, 0) is 13.3 Å². The lowest BCUT2D eigenvalue weighted by Gasteiger charge is -2.28. The van der Waals surface area contributed by atoms with E-state index < -0.39 is 6.29 Å². The van der Waals surface area contributed by atoms with E-state index in [1.54, 1.807) is 0 Å². The molecule has 1 atom stereocenters. The second-order valence-corrected chi connectivity index (χ2v) is 3.15. The Hall–Kier alpha value is -0.0800. The summed E-state index contributed by atoms with van der Waals surface area (Å²) in [5.41, 5.74) is -0.115. The summed E-state index contributed by atoms with van der Waals surface area (Å²) < 4.78 is 5.05. The third-order valence-corrected chi connectivity index (χ3v) is 1.90. The third-order valence-electron chi connectivity index (χ3n) is 1.90. The van der Waals surface area contributed by atoms with Gasteiger partial charge in [0.05, 0.1) is 0 Å². The highest BCUT2D eigenvalue weighted by Crippen LogP contribution is 2.24. The predicted octanol–water partition coefficient (Wildman–Crippen LogP) is 1.78. The molecule has 0 rings (SSSR count). The second kappa shape index (κ2) is 3.94. The highest BCUT2D eigenvalue weighted by molar-refractivity contribution is 4.68. The molecule has 2 nitrogen and oxygen atoms in total. The van der Waals surface area contributed by atoms with Gasteiger partial charge in [0.2, 0.25) is 0 Å². The zero-order valence-electron chi connectivity index (χ0n) is 7.35. The van der Waals surface area contributed by atoms with Crippen molar-refractivity contribution in [1.29, 1.82) is 0 Å². The smallest absolute Gasteiger partial charge is 0.159 e. The van der Waals surface area contributed by atoms with Crippen LogP contribution in [0.1, 0.15) is 34.1 Å². The average Bonchev–Trinajstić information content (AvgIpc) is 1.89. The van der Waals surface area contributed by atoms with Crippen molar-refractivity contribution in [2.75, 3.05) is 6.61 Å². The van der Waals surface area contributed by atoms with Gasteiger partial charge in [0.15, 0.2) is 6.29 Å². The van der Waals surface area contributed by atoms with E-state index in [2.05, 4.69) is 0 Å². The molecule has 0 radical (unpaired) electrons. The number of rotatable bonds is 4. The Morgan fingerprint density at radius 1 is 1.40 bits per heavy atom. The molecule has 1 N–H and O–H groups in total.